The molecule has 2 aromatic heterocycles. The molecule has 2 heterocycles. The topological polar surface area (TPSA) is 97.1 Å². The van der Waals surface area contributed by atoms with Gasteiger partial charge in [-0.2, -0.15) is 4.98 Å². The number of fused-ring (bicyclic) bond motifs is 1. The Kier molecular flexibility index (Phi) is 4.39. The minimum atomic E-state index is -0.463. The summed E-state index contributed by atoms with van der Waals surface area (Å²) in [5, 5.41) is 5.68. The van der Waals surface area contributed by atoms with E-state index in [4.69, 9.17) is 4.42 Å². The van der Waals surface area contributed by atoms with Crippen LogP contribution < -0.4 is 10.6 Å². The van der Waals surface area contributed by atoms with E-state index >= 15 is 0 Å². The monoisotopic (exact) mass is 378 g/mol. The highest BCUT2D eigenvalue weighted by Crippen LogP contribution is 2.27. The first-order chi connectivity index (χ1) is 13.1. The van der Waals surface area contributed by atoms with Crippen LogP contribution in [0.4, 0.5) is 11.1 Å². The van der Waals surface area contributed by atoms with Crippen LogP contribution in [-0.2, 0) is 0 Å². The SMILES string of the molecule is Cc1ccc2nc(NC(=O)c3coc(NC(=O)c4ccccc4)n3)sc2c1. The molecule has 8 heteroatoms. The maximum Gasteiger partial charge on any atom is 0.302 e. The Bertz CT molecular complexity index is 1130. The van der Waals surface area contributed by atoms with E-state index in [-0.39, 0.29) is 17.6 Å². The minimum absolute atomic E-state index is 0.0473. The number of carbonyl (C=O) groups is 2. The molecule has 0 fully saturated rings. The van der Waals surface area contributed by atoms with E-state index in [1.807, 2.05) is 31.2 Å². The first-order valence-corrected chi connectivity index (χ1v) is 8.90. The number of aryl methyl sites for hydroxylation is 1. The molecule has 4 aromatic rings. The van der Waals surface area contributed by atoms with Crippen LogP contribution in [0.1, 0.15) is 26.4 Å². The van der Waals surface area contributed by atoms with Gasteiger partial charge in [0.2, 0.25) is 0 Å². The van der Waals surface area contributed by atoms with Crippen LogP contribution in [0, 0.1) is 6.92 Å². The van der Waals surface area contributed by atoms with Gasteiger partial charge in [0.25, 0.3) is 11.8 Å². The largest absolute Gasteiger partial charge is 0.431 e. The molecule has 0 radical (unpaired) electrons. The molecular weight excluding hydrogens is 364 g/mol. The molecule has 0 bridgehead atoms. The number of nitrogens with zero attached hydrogens (tertiary/aromatic N) is 2. The van der Waals surface area contributed by atoms with Gasteiger partial charge in [0, 0.05) is 5.56 Å². The number of oxazole rings is 1. The number of thiazole rings is 1. The predicted octanol–water partition coefficient (Wildman–Crippen LogP) is 4.10. The summed E-state index contributed by atoms with van der Waals surface area (Å²) in [4.78, 5) is 32.8. The van der Waals surface area contributed by atoms with Gasteiger partial charge in [-0.3, -0.25) is 20.2 Å². The molecule has 0 saturated carbocycles. The molecule has 134 valence electrons. The first kappa shape index (κ1) is 16.9. The van der Waals surface area contributed by atoms with Crippen LogP contribution in [0.2, 0.25) is 0 Å². The Labute approximate surface area is 158 Å². The van der Waals surface area contributed by atoms with Gasteiger partial charge < -0.3 is 4.42 Å². The van der Waals surface area contributed by atoms with Gasteiger partial charge in [0.15, 0.2) is 10.8 Å². The van der Waals surface area contributed by atoms with Crippen molar-refractivity contribution in [3.63, 3.8) is 0 Å². The lowest BCUT2D eigenvalue weighted by Crippen LogP contribution is -2.14. The lowest BCUT2D eigenvalue weighted by atomic mass is 10.2. The van der Waals surface area contributed by atoms with Crippen molar-refractivity contribution in [1.29, 1.82) is 0 Å². The van der Waals surface area contributed by atoms with E-state index in [1.165, 1.54) is 17.6 Å². The Hall–Kier alpha value is -3.52. The van der Waals surface area contributed by atoms with Gasteiger partial charge in [-0.15, -0.1) is 0 Å². The van der Waals surface area contributed by atoms with E-state index in [9.17, 15) is 9.59 Å². The van der Waals surface area contributed by atoms with E-state index in [2.05, 4.69) is 20.6 Å². The van der Waals surface area contributed by atoms with Crippen molar-refractivity contribution in [1.82, 2.24) is 9.97 Å². The molecular formula is C19H14N4O3S. The second kappa shape index (κ2) is 7.00. The van der Waals surface area contributed by atoms with Gasteiger partial charge in [-0.25, -0.2) is 4.98 Å². The normalized spacial score (nSPS) is 10.7. The Morgan fingerprint density at radius 2 is 1.81 bits per heavy atom. The number of amides is 2. The molecule has 0 unspecified atom stereocenters. The number of benzene rings is 2. The average molecular weight is 378 g/mol. The fraction of sp³-hybridized carbons (Fsp3) is 0.0526. The van der Waals surface area contributed by atoms with Gasteiger partial charge in [0.05, 0.1) is 10.2 Å². The van der Waals surface area contributed by atoms with E-state index in [1.54, 1.807) is 24.3 Å². The summed E-state index contributed by atoms with van der Waals surface area (Å²) in [6.45, 7) is 2.00. The van der Waals surface area contributed by atoms with E-state index < -0.39 is 5.91 Å². The van der Waals surface area contributed by atoms with Crippen molar-refractivity contribution < 1.29 is 14.0 Å². The van der Waals surface area contributed by atoms with Crippen LogP contribution in [0.25, 0.3) is 10.2 Å². The van der Waals surface area contributed by atoms with Crippen molar-refractivity contribution in [2.24, 2.45) is 0 Å². The van der Waals surface area contributed by atoms with Crippen LogP contribution in [0.3, 0.4) is 0 Å². The third-order valence-corrected chi connectivity index (χ3v) is 4.69. The number of anilines is 2. The fourth-order valence-electron chi connectivity index (χ4n) is 2.44. The lowest BCUT2D eigenvalue weighted by Gasteiger charge is -1.99. The molecule has 27 heavy (non-hydrogen) atoms. The van der Waals surface area contributed by atoms with Crippen LogP contribution in [-0.4, -0.2) is 21.8 Å². The summed E-state index contributed by atoms with van der Waals surface area (Å²) in [6, 6.07) is 14.5. The summed E-state index contributed by atoms with van der Waals surface area (Å²) in [5.74, 6) is -0.833. The smallest absolute Gasteiger partial charge is 0.302 e. The third-order valence-electron chi connectivity index (χ3n) is 3.76. The highest BCUT2D eigenvalue weighted by molar-refractivity contribution is 7.22. The standard InChI is InChI=1S/C19H14N4O3S/c1-11-7-8-13-15(9-11)27-19(21-13)23-17(25)14-10-26-18(20-14)22-16(24)12-5-3-2-4-6-12/h2-10H,1H3,(H,20,22,24)(H,21,23,25). The number of hydrogen-bond acceptors (Lipinski definition) is 6. The average Bonchev–Trinajstić information content (AvgIpc) is 3.28. The van der Waals surface area contributed by atoms with Gasteiger partial charge in [-0.05, 0) is 36.8 Å². The van der Waals surface area contributed by atoms with Crippen LogP contribution in [0.15, 0.2) is 59.2 Å². The van der Waals surface area contributed by atoms with Crippen LogP contribution >= 0.6 is 11.3 Å². The van der Waals surface area contributed by atoms with Crippen molar-refractivity contribution in [2.45, 2.75) is 6.92 Å². The zero-order chi connectivity index (χ0) is 18.8. The molecule has 2 amide bonds. The molecule has 0 aliphatic heterocycles. The number of aromatic nitrogens is 2. The van der Waals surface area contributed by atoms with Gasteiger partial charge in [-0.1, -0.05) is 35.6 Å². The number of rotatable bonds is 4. The fourth-order valence-corrected chi connectivity index (χ4v) is 3.40. The number of nitrogens with one attached hydrogen (secondary N) is 2. The van der Waals surface area contributed by atoms with Crippen molar-refractivity contribution in [3.8, 4) is 0 Å². The third kappa shape index (κ3) is 3.70. The van der Waals surface area contributed by atoms with Crippen LogP contribution in [0.5, 0.6) is 0 Å². The molecule has 2 N–H and O–H groups in total. The van der Waals surface area contributed by atoms with Gasteiger partial charge >= 0.3 is 6.01 Å². The van der Waals surface area contributed by atoms with E-state index in [0.717, 1.165) is 15.8 Å². The van der Waals surface area contributed by atoms with Crippen molar-refractivity contribution in [3.05, 3.63) is 71.6 Å². The molecule has 0 aliphatic rings. The lowest BCUT2D eigenvalue weighted by molar-refractivity contribution is 0.101. The summed E-state index contributed by atoms with van der Waals surface area (Å²) < 4.78 is 6.16. The van der Waals surface area contributed by atoms with Crippen molar-refractivity contribution >= 4 is 44.5 Å². The zero-order valence-corrected chi connectivity index (χ0v) is 15.0. The Morgan fingerprint density at radius 1 is 1.00 bits per heavy atom. The van der Waals surface area contributed by atoms with Gasteiger partial charge in [0.1, 0.15) is 6.26 Å². The second-order valence-corrected chi connectivity index (χ2v) is 6.83. The molecule has 0 aliphatic carbocycles. The van der Waals surface area contributed by atoms with E-state index in [0.29, 0.717) is 10.7 Å². The zero-order valence-electron chi connectivity index (χ0n) is 14.2. The first-order valence-electron chi connectivity index (χ1n) is 8.09. The molecule has 0 spiro atoms. The summed E-state index contributed by atoms with van der Waals surface area (Å²) in [5.41, 5.74) is 2.46. The van der Waals surface area contributed by atoms with Crippen molar-refractivity contribution in [2.75, 3.05) is 10.6 Å². The summed E-state index contributed by atoms with van der Waals surface area (Å²) >= 11 is 1.38. The quantitative estimate of drug-likeness (QED) is 0.557. The molecule has 0 atom stereocenters. The highest BCUT2D eigenvalue weighted by atomic mass is 32.1. The number of hydrogen-bond donors (Lipinski definition) is 2. The molecule has 2 aromatic carbocycles. The minimum Gasteiger partial charge on any atom is -0.431 e. The maximum atomic E-state index is 12.3. The summed E-state index contributed by atoms with van der Waals surface area (Å²) in [6.07, 6.45) is 1.19. The summed E-state index contributed by atoms with van der Waals surface area (Å²) in [7, 11) is 0. The second-order valence-electron chi connectivity index (χ2n) is 5.80. The Balaban J connectivity index is 1.45. The highest BCUT2D eigenvalue weighted by Gasteiger charge is 2.16. The molecule has 4 rings (SSSR count). The predicted molar refractivity (Wildman–Crippen MR) is 103 cm³/mol. The number of carbonyl (C=O) groups excluding carboxylic acids is 2. The Morgan fingerprint density at radius 3 is 2.63 bits per heavy atom. The molecule has 7 nitrogen and oxygen atoms in total. The molecule has 0 saturated heterocycles. The maximum absolute atomic E-state index is 12.3.